The van der Waals surface area contributed by atoms with Crippen molar-refractivity contribution in [2.75, 3.05) is 13.2 Å². The van der Waals surface area contributed by atoms with Crippen molar-refractivity contribution in [3.05, 3.63) is 97.2 Å². The van der Waals surface area contributed by atoms with E-state index in [1.807, 2.05) is 0 Å². The quantitative estimate of drug-likeness (QED) is 0.0262. The fourth-order valence-corrected chi connectivity index (χ4v) is 7.93. The van der Waals surface area contributed by atoms with Crippen molar-refractivity contribution in [3.8, 4) is 0 Å². The summed E-state index contributed by atoms with van der Waals surface area (Å²) in [6, 6.07) is 0. The molecule has 0 N–H and O–H groups in total. The van der Waals surface area contributed by atoms with Gasteiger partial charge in [-0.3, -0.25) is 14.4 Å². The van der Waals surface area contributed by atoms with Gasteiger partial charge in [0.05, 0.1) is 0 Å². The minimum Gasteiger partial charge on any atom is -0.462 e. The van der Waals surface area contributed by atoms with Crippen molar-refractivity contribution in [2.24, 2.45) is 0 Å². The maximum atomic E-state index is 12.8. The van der Waals surface area contributed by atoms with Crippen molar-refractivity contribution >= 4 is 17.9 Å². The molecule has 0 aromatic heterocycles. The zero-order valence-corrected chi connectivity index (χ0v) is 45.8. The Kier molecular flexibility index (Phi) is 54.9. The molecule has 0 aliphatic heterocycles. The first-order valence-corrected chi connectivity index (χ1v) is 29.2. The number of rotatable bonds is 52. The average molecular weight is 974 g/mol. The summed E-state index contributed by atoms with van der Waals surface area (Å²) in [4.78, 5) is 38.1. The molecule has 1 unspecified atom stereocenters. The van der Waals surface area contributed by atoms with Crippen LogP contribution in [0.25, 0.3) is 0 Å². The van der Waals surface area contributed by atoms with E-state index in [1.165, 1.54) is 103 Å². The maximum absolute atomic E-state index is 12.8. The summed E-state index contributed by atoms with van der Waals surface area (Å²) in [6.07, 6.45) is 76.9. The molecule has 0 aliphatic rings. The molecule has 0 amide bonds. The fourth-order valence-electron chi connectivity index (χ4n) is 7.93. The van der Waals surface area contributed by atoms with E-state index in [4.69, 9.17) is 14.2 Å². The predicted molar refractivity (Wildman–Crippen MR) is 302 cm³/mol. The number of carbonyl (C=O) groups is 3. The molecule has 70 heavy (non-hydrogen) atoms. The molecule has 0 saturated carbocycles. The van der Waals surface area contributed by atoms with E-state index in [0.29, 0.717) is 19.3 Å². The van der Waals surface area contributed by atoms with Crippen LogP contribution in [0.3, 0.4) is 0 Å². The fraction of sp³-hybridized carbons (Fsp3) is 0.703. The molecule has 0 radical (unpaired) electrons. The molecular formula is C64H108O6. The zero-order chi connectivity index (χ0) is 50.7. The van der Waals surface area contributed by atoms with Crippen LogP contribution in [0.2, 0.25) is 0 Å². The van der Waals surface area contributed by atoms with E-state index in [2.05, 4.69) is 118 Å². The summed E-state index contributed by atoms with van der Waals surface area (Å²) in [5, 5.41) is 0. The summed E-state index contributed by atoms with van der Waals surface area (Å²) in [6.45, 7) is 6.47. The molecule has 0 rings (SSSR count). The third-order valence-corrected chi connectivity index (χ3v) is 12.3. The van der Waals surface area contributed by atoms with Crippen LogP contribution in [0.5, 0.6) is 0 Å². The first-order valence-electron chi connectivity index (χ1n) is 29.2. The number of unbranched alkanes of at least 4 members (excludes halogenated alkanes) is 25. The Labute approximate surface area is 432 Å². The lowest BCUT2D eigenvalue weighted by Gasteiger charge is -2.18. The highest BCUT2D eigenvalue weighted by Gasteiger charge is 2.19. The number of ether oxygens (including phenoxy) is 3. The van der Waals surface area contributed by atoms with Gasteiger partial charge < -0.3 is 14.2 Å². The second kappa shape index (κ2) is 57.9. The number of hydrogen-bond donors (Lipinski definition) is 0. The normalized spacial score (nSPS) is 12.8. The zero-order valence-electron chi connectivity index (χ0n) is 45.8. The van der Waals surface area contributed by atoms with Crippen LogP contribution in [0, 0.1) is 0 Å². The average Bonchev–Trinajstić information content (AvgIpc) is 3.36. The SMILES string of the molecule is CC/C=C\C/C=C\C/C=C\C/C=C\C/C=C\C/C=C\CCCCCCCCCCC(=O)OCC(COC(=O)CCCCCCCCCCCCC)OC(=O)CCCCCCC/C=C\C/C=C\CCCC. The summed E-state index contributed by atoms with van der Waals surface area (Å²) < 4.78 is 16.8. The molecule has 6 heteroatoms. The van der Waals surface area contributed by atoms with Gasteiger partial charge in [0.1, 0.15) is 13.2 Å². The smallest absolute Gasteiger partial charge is 0.306 e. The van der Waals surface area contributed by atoms with Gasteiger partial charge in [-0.15, -0.1) is 0 Å². The van der Waals surface area contributed by atoms with Crippen molar-refractivity contribution in [2.45, 2.75) is 277 Å². The van der Waals surface area contributed by atoms with Gasteiger partial charge in [0.15, 0.2) is 6.10 Å². The minimum atomic E-state index is -0.787. The second-order valence-corrected chi connectivity index (χ2v) is 19.2. The van der Waals surface area contributed by atoms with E-state index in [-0.39, 0.29) is 31.1 Å². The number of esters is 3. The molecular weight excluding hydrogens is 865 g/mol. The van der Waals surface area contributed by atoms with Gasteiger partial charge >= 0.3 is 17.9 Å². The number of allylic oxidation sites excluding steroid dienone is 16. The summed E-state index contributed by atoms with van der Waals surface area (Å²) in [5.41, 5.74) is 0. The second-order valence-electron chi connectivity index (χ2n) is 19.2. The molecule has 0 aromatic carbocycles. The predicted octanol–water partition coefficient (Wildman–Crippen LogP) is 19.7. The van der Waals surface area contributed by atoms with Crippen LogP contribution in [0.4, 0.5) is 0 Å². The molecule has 0 heterocycles. The van der Waals surface area contributed by atoms with Crippen molar-refractivity contribution in [3.63, 3.8) is 0 Å². The van der Waals surface area contributed by atoms with Crippen molar-refractivity contribution in [1.29, 1.82) is 0 Å². The van der Waals surface area contributed by atoms with Gasteiger partial charge in [-0.1, -0.05) is 253 Å². The van der Waals surface area contributed by atoms with Crippen molar-refractivity contribution < 1.29 is 28.6 Å². The van der Waals surface area contributed by atoms with Crippen LogP contribution in [0.1, 0.15) is 271 Å². The van der Waals surface area contributed by atoms with Crippen LogP contribution in [-0.2, 0) is 28.6 Å². The van der Waals surface area contributed by atoms with E-state index >= 15 is 0 Å². The molecule has 0 aromatic rings. The molecule has 1 atom stereocenters. The Morgan fingerprint density at radius 2 is 0.571 bits per heavy atom. The minimum absolute atomic E-state index is 0.0840. The molecule has 0 fully saturated rings. The van der Waals surface area contributed by atoms with Crippen LogP contribution in [-0.4, -0.2) is 37.2 Å². The lowest BCUT2D eigenvalue weighted by Crippen LogP contribution is -2.30. The van der Waals surface area contributed by atoms with Gasteiger partial charge in [0.25, 0.3) is 0 Å². The molecule has 0 bridgehead atoms. The highest BCUT2D eigenvalue weighted by Crippen LogP contribution is 2.15. The topological polar surface area (TPSA) is 78.9 Å². The number of carbonyl (C=O) groups excluding carboxylic acids is 3. The van der Waals surface area contributed by atoms with Crippen LogP contribution in [0.15, 0.2) is 97.2 Å². The first-order chi connectivity index (χ1) is 34.5. The summed E-state index contributed by atoms with van der Waals surface area (Å²) >= 11 is 0. The molecule has 0 spiro atoms. The Morgan fingerprint density at radius 1 is 0.300 bits per heavy atom. The first kappa shape index (κ1) is 66.3. The van der Waals surface area contributed by atoms with Gasteiger partial charge in [0, 0.05) is 19.3 Å². The lowest BCUT2D eigenvalue weighted by molar-refractivity contribution is -0.167. The van der Waals surface area contributed by atoms with Crippen LogP contribution < -0.4 is 0 Å². The molecule has 0 aliphatic carbocycles. The summed E-state index contributed by atoms with van der Waals surface area (Å²) in [7, 11) is 0. The van der Waals surface area contributed by atoms with E-state index in [1.54, 1.807) is 0 Å². The Bertz CT molecular complexity index is 1400. The number of hydrogen-bond acceptors (Lipinski definition) is 6. The van der Waals surface area contributed by atoms with Crippen LogP contribution >= 0.6 is 0 Å². The highest BCUT2D eigenvalue weighted by molar-refractivity contribution is 5.71. The Balaban J connectivity index is 4.29. The molecule has 400 valence electrons. The highest BCUT2D eigenvalue weighted by atomic mass is 16.6. The standard InChI is InChI=1S/C64H108O6/c1-4-7-10-13-16-19-22-24-26-27-28-29-30-31-32-33-34-35-36-37-38-40-42-45-48-51-54-57-63(66)69-60-61(59-68-62(65)56-53-50-47-44-41-21-18-15-12-9-6-3)70-64(67)58-55-52-49-46-43-39-25-23-20-17-14-11-8-5-2/h7,10,14,16-17,19,23-26,28-29,31-32,34-35,61H,4-6,8-9,11-13,15,18,20-22,27,30,33,36-60H2,1-3H3/b10-7-,17-14-,19-16-,25-23-,26-24-,29-28-,32-31-,35-34-. The Morgan fingerprint density at radius 3 is 0.914 bits per heavy atom. The van der Waals surface area contributed by atoms with E-state index in [9.17, 15) is 14.4 Å². The van der Waals surface area contributed by atoms with Gasteiger partial charge in [-0.05, 0) is 96.3 Å². The van der Waals surface area contributed by atoms with E-state index < -0.39 is 6.10 Å². The largest absolute Gasteiger partial charge is 0.462 e. The van der Waals surface area contributed by atoms with Gasteiger partial charge in [0.2, 0.25) is 0 Å². The Hall–Kier alpha value is -3.67. The monoisotopic (exact) mass is 973 g/mol. The third kappa shape index (κ3) is 55.3. The van der Waals surface area contributed by atoms with Gasteiger partial charge in [-0.25, -0.2) is 0 Å². The summed E-state index contributed by atoms with van der Waals surface area (Å²) in [5.74, 6) is -0.904. The lowest BCUT2D eigenvalue weighted by atomic mass is 10.1. The third-order valence-electron chi connectivity index (χ3n) is 12.3. The van der Waals surface area contributed by atoms with Gasteiger partial charge in [-0.2, -0.15) is 0 Å². The van der Waals surface area contributed by atoms with Crippen molar-refractivity contribution in [1.82, 2.24) is 0 Å². The molecule has 6 nitrogen and oxygen atoms in total. The molecule has 0 saturated heterocycles. The van der Waals surface area contributed by atoms with E-state index in [0.717, 1.165) is 128 Å². The maximum Gasteiger partial charge on any atom is 0.306 e.